The van der Waals surface area contributed by atoms with Crippen LogP contribution in [0, 0.1) is 0 Å². The van der Waals surface area contributed by atoms with Gasteiger partial charge in [0, 0.05) is 22.4 Å². The van der Waals surface area contributed by atoms with Crippen LogP contribution in [-0.4, -0.2) is 16.1 Å². The molecule has 1 saturated heterocycles. The van der Waals surface area contributed by atoms with E-state index in [4.69, 9.17) is 23.2 Å². The van der Waals surface area contributed by atoms with E-state index in [1.54, 1.807) is 36.7 Å². The highest BCUT2D eigenvalue weighted by Crippen LogP contribution is 2.30. The maximum atomic E-state index is 12.0. The number of hydrogen-bond donors (Lipinski definition) is 1. The van der Waals surface area contributed by atoms with Gasteiger partial charge in [0.1, 0.15) is 0 Å². The molecule has 2 aromatic rings. The Morgan fingerprint density at radius 3 is 2.68 bits per heavy atom. The molecule has 1 amide bonds. The van der Waals surface area contributed by atoms with Gasteiger partial charge in [-0.25, -0.2) is 4.99 Å². The Morgan fingerprint density at radius 2 is 2.00 bits per heavy atom. The number of halogens is 2. The van der Waals surface area contributed by atoms with E-state index in [0.29, 0.717) is 25.8 Å². The molecule has 0 radical (unpaired) electrons. The number of carbonyl (C=O) groups excluding carboxylic acids is 1. The highest BCUT2D eigenvalue weighted by molar-refractivity contribution is 8.18. The van der Waals surface area contributed by atoms with Crippen LogP contribution in [0.15, 0.2) is 52.6 Å². The summed E-state index contributed by atoms with van der Waals surface area (Å²) in [4.78, 5) is 20.9. The minimum atomic E-state index is -0.194. The average Bonchev–Trinajstić information content (AvgIpc) is 2.78. The van der Waals surface area contributed by atoms with Gasteiger partial charge in [-0.1, -0.05) is 29.3 Å². The quantitative estimate of drug-likeness (QED) is 0.823. The third kappa shape index (κ3) is 3.68. The van der Waals surface area contributed by atoms with Crippen molar-refractivity contribution < 1.29 is 4.79 Å². The third-order valence-corrected chi connectivity index (χ3v) is 4.06. The summed E-state index contributed by atoms with van der Waals surface area (Å²) >= 11 is 13.1. The van der Waals surface area contributed by atoms with Crippen LogP contribution in [0.1, 0.15) is 5.56 Å². The van der Waals surface area contributed by atoms with Crippen LogP contribution in [0.3, 0.4) is 0 Å². The molecule has 0 saturated carbocycles. The van der Waals surface area contributed by atoms with Gasteiger partial charge in [-0.15, -0.1) is 0 Å². The molecule has 3 rings (SSSR count). The molecule has 0 spiro atoms. The molecule has 1 aliphatic rings. The lowest BCUT2D eigenvalue weighted by molar-refractivity contribution is -0.115. The van der Waals surface area contributed by atoms with Gasteiger partial charge < -0.3 is 5.32 Å². The molecule has 0 aliphatic carbocycles. The number of carbonyl (C=O) groups is 1. The molecule has 1 aromatic carbocycles. The average molecular weight is 350 g/mol. The second-order valence-corrected chi connectivity index (χ2v) is 6.30. The van der Waals surface area contributed by atoms with E-state index in [1.807, 2.05) is 12.1 Å². The molecule has 1 aromatic heterocycles. The number of pyridine rings is 1. The second-order valence-electron chi connectivity index (χ2n) is 4.40. The third-order valence-electron chi connectivity index (χ3n) is 2.71. The molecule has 110 valence electrons. The van der Waals surface area contributed by atoms with E-state index in [9.17, 15) is 4.79 Å². The first kappa shape index (κ1) is 15.1. The summed E-state index contributed by atoms with van der Waals surface area (Å²) in [5, 5.41) is 4.18. The van der Waals surface area contributed by atoms with Crippen molar-refractivity contribution in [3.8, 4) is 0 Å². The van der Waals surface area contributed by atoms with Crippen molar-refractivity contribution in [3.63, 3.8) is 0 Å². The number of aromatic nitrogens is 1. The van der Waals surface area contributed by atoms with E-state index in [-0.39, 0.29) is 5.91 Å². The lowest BCUT2D eigenvalue weighted by atomic mass is 10.2. The van der Waals surface area contributed by atoms with Crippen LogP contribution in [0.25, 0.3) is 6.08 Å². The first-order chi connectivity index (χ1) is 10.6. The Balaban J connectivity index is 1.85. The summed E-state index contributed by atoms with van der Waals surface area (Å²) in [6, 6.07) is 8.67. The fourth-order valence-corrected chi connectivity index (χ4v) is 3.17. The van der Waals surface area contributed by atoms with Crippen molar-refractivity contribution in [1.29, 1.82) is 0 Å². The number of amidine groups is 1. The van der Waals surface area contributed by atoms with Crippen molar-refractivity contribution in [3.05, 3.63) is 63.2 Å². The molecule has 0 bridgehead atoms. The van der Waals surface area contributed by atoms with Crippen molar-refractivity contribution >= 4 is 57.8 Å². The first-order valence-corrected chi connectivity index (χ1v) is 7.83. The first-order valence-electron chi connectivity index (χ1n) is 6.26. The highest BCUT2D eigenvalue weighted by Gasteiger charge is 2.23. The van der Waals surface area contributed by atoms with Crippen LogP contribution in [0.2, 0.25) is 10.0 Å². The normalized spacial score (nSPS) is 18.0. The number of nitrogens with zero attached hydrogens (tertiary/aromatic N) is 2. The number of hydrogen-bond acceptors (Lipinski definition) is 4. The zero-order valence-corrected chi connectivity index (χ0v) is 13.4. The predicted octanol–water partition coefficient (Wildman–Crippen LogP) is 4.28. The summed E-state index contributed by atoms with van der Waals surface area (Å²) in [7, 11) is 0. The second kappa shape index (κ2) is 6.52. The topological polar surface area (TPSA) is 54.4 Å². The molecule has 1 fully saturated rings. The van der Waals surface area contributed by atoms with Crippen LogP contribution < -0.4 is 5.32 Å². The maximum absolute atomic E-state index is 12.0. The zero-order valence-electron chi connectivity index (χ0n) is 11.1. The minimum Gasteiger partial charge on any atom is -0.300 e. The van der Waals surface area contributed by atoms with Gasteiger partial charge >= 0.3 is 0 Å². The molecular weight excluding hydrogens is 341 g/mol. The van der Waals surface area contributed by atoms with Crippen molar-refractivity contribution in [2.24, 2.45) is 4.99 Å². The lowest BCUT2D eigenvalue weighted by Gasteiger charge is -1.98. The van der Waals surface area contributed by atoms with E-state index < -0.39 is 0 Å². The van der Waals surface area contributed by atoms with Crippen LogP contribution in [0.5, 0.6) is 0 Å². The fraction of sp³-hybridized carbons (Fsp3) is 0. The molecule has 2 heterocycles. The molecule has 0 unspecified atom stereocenters. The summed E-state index contributed by atoms with van der Waals surface area (Å²) in [6.07, 6.45) is 5.13. The molecule has 1 N–H and O–H groups in total. The Bertz CT molecular complexity index is 770. The zero-order chi connectivity index (χ0) is 15.5. The van der Waals surface area contributed by atoms with Crippen LogP contribution in [0.4, 0.5) is 5.69 Å². The van der Waals surface area contributed by atoms with Crippen molar-refractivity contribution in [2.45, 2.75) is 0 Å². The number of amides is 1. The number of rotatable bonds is 2. The minimum absolute atomic E-state index is 0.194. The molecule has 7 heteroatoms. The molecular formula is C15H9Cl2N3OS. The van der Waals surface area contributed by atoms with Gasteiger partial charge in [-0.3, -0.25) is 9.78 Å². The largest absolute Gasteiger partial charge is 0.300 e. The summed E-state index contributed by atoms with van der Waals surface area (Å²) in [5.41, 5.74) is 1.44. The van der Waals surface area contributed by atoms with E-state index in [2.05, 4.69) is 15.3 Å². The molecule has 0 atom stereocenters. The van der Waals surface area contributed by atoms with Gasteiger partial charge in [0.2, 0.25) is 0 Å². The predicted molar refractivity (Wildman–Crippen MR) is 91.5 cm³/mol. The fourth-order valence-electron chi connectivity index (χ4n) is 1.81. The number of aliphatic imine (C=N–C) groups is 1. The monoisotopic (exact) mass is 349 g/mol. The van der Waals surface area contributed by atoms with E-state index in [1.165, 1.54) is 11.8 Å². The van der Waals surface area contributed by atoms with Gasteiger partial charge in [0.25, 0.3) is 5.91 Å². The van der Waals surface area contributed by atoms with Gasteiger partial charge in [0.05, 0.1) is 10.6 Å². The van der Waals surface area contributed by atoms with Gasteiger partial charge in [-0.2, -0.15) is 0 Å². The molecule has 1 aliphatic heterocycles. The van der Waals surface area contributed by atoms with E-state index >= 15 is 0 Å². The van der Waals surface area contributed by atoms with E-state index in [0.717, 1.165) is 5.56 Å². The van der Waals surface area contributed by atoms with Gasteiger partial charge in [-0.05, 0) is 47.7 Å². The smallest absolute Gasteiger partial charge is 0.264 e. The number of benzene rings is 1. The SMILES string of the molecule is O=C1NC(=Nc2cc(Cl)cc(Cl)c2)SC1=Cc1cccnc1. The Morgan fingerprint density at radius 1 is 1.23 bits per heavy atom. The maximum Gasteiger partial charge on any atom is 0.264 e. The van der Waals surface area contributed by atoms with Crippen LogP contribution >= 0.6 is 35.0 Å². The van der Waals surface area contributed by atoms with Crippen molar-refractivity contribution in [1.82, 2.24) is 10.3 Å². The Kier molecular flexibility index (Phi) is 4.47. The number of thioether (sulfide) groups is 1. The molecule has 4 nitrogen and oxygen atoms in total. The summed E-state index contributed by atoms with van der Waals surface area (Å²) in [6.45, 7) is 0. The van der Waals surface area contributed by atoms with Crippen molar-refractivity contribution in [2.75, 3.05) is 0 Å². The summed E-state index contributed by atoms with van der Waals surface area (Å²) in [5.74, 6) is -0.194. The Hall–Kier alpha value is -1.82. The van der Waals surface area contributed by atoms with Crippen LogP contribution in [-0.2, 0) is 4.79 Å². The standard InChI is InChI=1S/C15H9Cl2N3OS/c16-10-5-11(17)7-12(6-10)19-15-20-14(21)13(22-15)4-9-2-1-3-18-8-9/h1-8H,(H,19,20,21). The Labute approximate surface area is 141 Å². The molecule has 22 heavy (non-hydrogen) atoms. The highest BCUT2D eigenvalue weighted by atomic mass is 35.5. The number of nitrogens with one attached hydrogen (secondary N) is 1. The van der Waals surface area contributed by atoms with Gasteiger partial charge in [0.15, 0.2) is 5.17 Å². The lowest BCUT2D eigenvalue weighted by Crippen LogP contribution is -2.19. The summed E-state index contributed by atoms with van der Waals surface area (Å²) < 4.78 is 0.